The van der Waals surface area contributed by atoms with Crippen molar-refractivity contribution in [2.24, 2.45) is 0 Å². The Morgan fingerprint density at radius 1 is 0.600 bits per heavy atom. The van der Waals surface area contributed by atoms with Gasteiger partial charge in [0.15, 0.2) is 0 Å². The molecule has 0 N–H and O–H groups in total. The summed E-state index contributed by atoms with van der Waals surface area (Å²) < 4.78 is 0. The van der Waals surface area contributed by atoms with E-state index in [-0.39, 0.29) is 29.5 Å². The third-order valence-electron chi connectivity index (χ3n) is 4.71. The van der Waals surface area contributed by atoms with Gasteiger partial charge in [-0.1, -0.05) is 35.4 Å². The molecule has 0 spiro atoms. The van der Waals surface area contributed by atoms with E-state index in [4.69, 9.17) is 0 Å². The van der Waals surface area contributed by atoms with Crippen molar-refractivity contribution in [2.75, 3.05) is 22.9 Å². The van der Waals surface area contributed by atoms with Crippen molar-refractivity contribution in [2.45, 2.75) is 41.5 Å². The molecule has 0 amide bonds. The molecule has 0 bridgehead atoms. The minimum atomic E-state index is 0. The van der Waals surface area contributed by atoms with Gasteiger partial charge in [-0.15, -0.1) is 0 Å². The van der Waals surface area contributed by atoms with Gasteiger partial charge in [-0.05, 0) is 63.8 Å². The molecule has 1 aliphatic heterocycles. The molecular formula is C21H27ClCuN2. The molecule has 0 atom stereocenters. The Labute approximate surface area is 169 Å². The van der Waals surface area contributed by atoms with Gasteiger partial charge in [0.1, 0.15) is 6.67 Å². The minimum absolute atomic E-state index is 0. The Morgan fingerprint density at radius 3 is 1.16 bits per heavy atom. The van der Waals surface area contributed by atoms with Crippen molar-refractivity contribution in [3.05, 3.63) is 64.3 Å². The molecule has 0 saturated carbocycles. The van der Waals surface area contributed by atoms with Crippen LogP contribution >= 0.6 is 0 Å². The first-order valence-corrected chi connectivity index (χ1v) is 8.41. The number of hydrogen-bond acceptors (Lipinski definition) is 2. The maximum Gasteiger partial charge on any atom is 1.00 e. The number of anilines is 2. The Kier molecular flexibility index (Phi) is 7.43. The van der Waals surface area contributed by atoms with Crippen LogP contribution in [0.25, 0.3) is 0 Å². The van der Waals surface area contributed by atoms with Gasteiger partial charge >= 0.3 is 17.1 Å². The summed E-state index contributed by atoms with van der Waals surface area (Å²) >= 11 is 0. The summed E-state index contributed by atoms with van der Waals surface area (Å²) in [5.41, 5.74) is 10.8. The summed E-state index contributed by atoms with van der Waals surface area (Å²) in [6.07, 6.45) is 0. The van der Waals surface area contributed by atoms with Crippen molar-refractivity contribution >= 4 is 11.4 Å². The summed E-state index contributed by atoms with van der Waals surface area (Å²) in [4.78, 5) is 4.81. The van der Waals surface area contributed by atoms with Crippen LogP contribution in [0.15, 0.2) is 24.3 Å². The van der Waals surface area contributed by atoms with Gasteiger partial charge in [0.2, 0.25) is 0 Å². The molecule has 2 aromatic rings. The van der Waals surface area contributed by atoms with E-state index in [2.05, 4.69) is 82.3 Å². The Morgan fingerprint density at radius 2 is 0.880 bits per heavy atom. The average molecular weight is 406 g/mol. The fourth-order valence-corrected chi connectivity index (χ4v) is 4.09. The number of benzene rings is 2. The van der Waals surface area contributed by atoms with Crippen LogP contribution in [0.2, 0.25) is 0 Å². The third kappa shape index (κ3) is 4.34. The first kappa shape index (κ1) is 21.9. The van der Waals surface area contributed by atoms with Crippen LogP contribution in [0.4, 0.5) is 11.4 Å². The SMILES string of the molecule is Cc1cc(C)c(N2[CH]N(c3c(C)cc(C)cc3C)CC2)c(C)c1.[Cl-].[Cu+]. The number of aryl methyl sites for hydroxylation is 6. The maximum atomic E-state index is 2.41. The molecule has 1 aliphatic rings. The second-order valence-corrected chi connectivity index (χ2v) is 7.00. The van der Waals surface area contributed by atoms with E-state index in [1.165, 1.54) is 44.8 Å². The van der Waals surface area contributed by atoms with Gasteiger partial charge in [0.25, 0.3) is 0 Å². The van der Waals surface area contributed by atoms with E-state index in [0.29, 0.717) is 0 Å². The Balaban J connectivity index is 0.00000156. The minimum Gasteiger partial charge on any atom is -1.00 e. The average Bonchev–Trinajstić information content (AvgIpc) is 2.85. The van der Waals surface area contributed by atoms with Gasteiger partial charge in [0.05, 0.1) is 0 Å². The third-order valence-corrected chi connectivity index (χ3v) is 4.71. The molecular weight excluding hydrogens is 379 g/mol. The van der Waals surface area contributed by atoms with Crippen LogP contribution in [0.1, 0.15) is 33.4 Å². The molecule has 0 aromatic heterocycles. The van der Waals surface area contributed by atoms with Gasteiger partial charge in [-0.3, -0.25) is 0 Å². The molecule has 0 unspecified atom stereocenters. The van der Waals surface area contributed by atoms with Gasteiger partial charge in [0, 0.05) is 24.5 Å². The number of hydrogen-bond donors (Lipinski definition) is 0. The normalized spacial score (nSPS) is 13.5. The van der Waals surface area contributed by atoms with Crippen LogP contribution in [-0.2, 0) is 17.1 Å². The van der Waals surface area contributed by atoms with Crippen molar-refractivity contribution in [1.82, 2.24) is 0 Å². The number of rotatable bonds is 2. The predicted octanol–water partition coefficient (Wildman–Crippen LogP) is 1.98. The molecule has 4 heteroatoms. The summed E-state index contributed by atoms with van der Waals surface area (Å²) in [6, 6.07) is 9.12. The van der Waals surface area contributed by atoms with Crippen LogP contribution in [-0.4, -0.2) is 13.1 Å². The van der Waals surface area contributed by atoms with E-state index in [1.54, 1.807) is 0 Å². The monoisotopic (exact) mass is 405 g/mol. The first-order valence-electron chi connectivity index (χ1n) is 8.41. The van der Waals surface area contributed by atoms with Crippen LogP contribution in [0.5, 0.6) is 0 Å². The van der Waals surface area contributed by atoms with Crippen molar-refractivity contribution in [3.8, 4) is 0 Å². The standard InChI is InChI=1S/C21H27N2.ClH.Cu/c1-14-9-16(3)20(17(4)10-14)22-7-8-23(13-22)21-18(5)11-15(2)12-19(21)6;;/h9-13H,7-8H2,1-6H3;1H;/q;;+1/p-1. The smallest absolute Gasteiger partial charge is 1.00 e. The van der Waals surface area contributed by atoms with Crippen LogP contribution in [0, 0.1) is 48.2 Å². The predicted molar refractivity (Wildman–Crippen MR) is 100 cm³/mol. The zero-order chi connectivity index (χ0) is 16.7. The molecule has 1 radical (unpaired) electrons. The fourth-order valence-electron chi connectivity index (χ4n) is 4.09. The van der Waals surface area contributed by atoms with Gasteiger partial charge in [-0.2, -0.15) is 0 Å². The van der Waals surface area contributed by atoms with Gasteiger partial charge in [-0.25, -0.2) is 0 Å². The molecule has 139 valence electrons. The molecule has 3 rings (SSSR count). The fraction of sp³-hybridized carbons (Fsp3) is 0.381. The van der Waals surface area contributed by atoms with Crippen molar-refractivity contribution < 1.29 is 29.5 Å². The largest absolute Gasteiger partial charge is 1.00 e. The topological polar surface area (TPSA) is 6.48 Å². The van der Waals surface area contributed by atoms with E-state index in [9.17, 15) is 0 Å². The number of nitrogens with zero attached hydrogens (tertiary/aromatic N) is 2. The summed E-state index contributed by atoms with van der Waals surface area (Å²) in [7, 11) is 0. The van der Waals surface area contributed by atoms with Crippen LogP contribution < -0.4 is 22.2 Å². The van der Waals surface area contributed by atoms with E-state index in [1.807, 2.05) is 0 Å². The second-order valence-electron chi connectivity index (χ2n) is 7.00. The summed E-state index contributed by atoms with van der Waals surface area (Å²) in [5.74, 6) is 0. The van der Waals surface area contributed by atoms with Crippen LogP contribution in [0.3, 0.4) is 0 Å². The maximum absolute atomic E-state index is 2.41. The number of halogens is 1. The summed E-state index contributed by atoms with van der Waals surface area (Å²) in [6.45, 7) is 17.6. The van der Waals surface area contributed by atoms with Crippen molar-refractivity contribution in [3.63, 3.8) is 0 Å². The van der Waals surface area contributed by atoms with E-state index < -0.39 is 0 Å². The second kappa shape index (κ2) is 8.49. The molecule has 0 aliphatic carbocycles. The molecule has 1 saturated heterocycles. The van der Waals surface area contributed by atoms with Gasteiger partial charge < -0.3 is 22.2 Å². The summed E-state index contributed by atoms with van der Waals surface area (Å²) in [5, 5.41) is 0. The zero-order valence-corrected chi connectivity index (χ0v) is 17.6. The molecule has 25 heavy (non-hydrogen) atoms. The first-order chi connectivity index (χ1) is 10.9. The Hall–Kier alpha value is -1.15. The molecule has 1 fully saturated rings. The Bertz CT molecular complexity index is 648. The van der Waals surface area contributed by atoms with E-state index in [0.717, 1.165) is 13.1 Å². The molecule has 2 nitrogen and oxygen atoms in total. The quantitative estimate of drug-likeness (QED) is 0.704. The zero-order valence-electron chi connectivity index (χ0n) is 15.9. The molecule has 2 aromatic carbocycles. The van der Waals surface area contributed by atoms with E-state index >= 15 is 0 Å². The van der Waals surface area contributed by atoms with Crippen molar-refractivity contribution in [1.29, 1.82) is 0 Å². The molecule has 1 heterocycles.